The summed E-state index contributed by atoms with van der Waals surface area (Å²) < 4.78 is 9.72. The van der Waals surface area contributed by atoms with Crippen molar-refractivity contribution < 1.29 is 38.9 Å². The Kier molecular flexibility index (Phi) is 14.7. The summed E-state index contributed by atoms with van der Waals surface area (Å²) in [6.07, 6.45) is -1.01. The van der Waals surface area contributed by atoms with Gasteiger partial charge in [0.15, 0.2) is 0 Å². The molecule has 0 amide bonds. The summed E-state index contributed by atoms with van der Waals surface area (Å²) in [5, 5.41) is 20.4. The van der Waals surface area contributed by atoms with Crippen LogP contribution >= 0.6 is 0 Å². The zero-order chi connectivity index (χ0) is 23.9. The van der Waals surface area contributed by atoms with Crippen LogP contribution in [-0.2, 0) is 41.9 Å². The molecule has 0 aromatic heterocycles. The Labute approximate surface area is 211 Å². The van der Waals surface area contributed by atoms with Crippen molar-refractivity contribution in [3.8, 4) is 0 Å². The largest absolute Gasteiger partial charge is 2.00 e. The van der Waals surface area contributed by atoms with Crippen molar-refractivity contribution in [1.29, 1.82) is 0 Å². The normalized spacial score (nSPS) is 9.21. The van der Waals surface area contributed by atoms with Crippen molar-refractivity contribution in [3.63, 3.8) is 0 Å². The maximum absolute atomic E-state index is 11.2. The minimum absolute atomic E-state index is 0. The van der Waals surface area contributed by atoms with E-state index in [-0.39, 0.29) is 51.7 Å². The molecule has 0 unspecified atom stereocenters. The number of hydrogen-bond donors (Lipinski definition) is 0. The van der Waals surface area contributed by atoms with Gasteiger partial charge in [-0.2, -0.15) is 0 Å². The SMILES string of the molecule is C=C(CC(=O)[O-])C(=O)OCc1ccccc1.C=C(CC(=O)[O-])C(=O)OCc1ccccc1.[Pb+2]. The molecule has 2 rings (SSSR count). The van der Waals surface area contributed by atoms with E-state index in [0.717, 1.165) is 11.1 Å². The number of carboxylic acids is 2. The molecule has 170 valence electrons. The zero-order valence-electron chi connectivity index (χ0n) is 17.8. The molecule has 2 aromatic rings. The number of hydrogen-bond acceptors (Lipinski definition) is 8. The molecule has 0 heterocycles. The monoisotopic (exact) mass is 646 g/mol. The van der Waals surface area contributed by atoms with Crippen LogP contribution < -0.4 is 10.2 Å². The summed E-state index contributed by atoms with van der Waals surface area (Å²) in [5.74, 6) is -4.12. The molecule has 0 saturated heterocycles. The van der Waals surface area contributed by atoms with Gasteiger partial charge in [0.2, 0.25) is 0 Å². The number of esters is 2. The van der Waals surface area contributed by atoms with Gasteiger partial charge in [0, 0.05) is 35.9 Å². The van der Waals surface area contributed by atoms with Gasteiger partial charge in [-0.1, -0.05) is 73.8 Å². The molecule has 9 heteroatoms. The van der Waals surface area contributed by atoms with Gasteiger partial charge in [0.25, 0.3) is 0 Å². The first-order chi connectivity index (χ1) is 15.2. The van der Waals surface area contributed by atoms with Crippen LogP contribution in [0.3, 0.4) is 0 Å². The van der Waals surface area contributed by atoms with Crippen molar-refractivity contribution in [3.05, 3.63) is 96.1 Å². The summed E-state index contributed by atoms with van der Waals surface area (Å²) in [6.45, 7) is 6.83. The molecule has 2 radical (unpaired) electrons. The van der Waals surface area contributed by atoms with E-state index in [9.17, 15) is 29.4 Å². The predicted molar refractivity (Wildman–Crippen MR) is 116 cm³/mol. The third kappa shape index (κ3) is 13.7. The molecule has 0 spiro atoms. The second kappa shape index (κ2) is 16.4. The summed E-state index contributed by atoms with van der Waals surface area (Å²) in [7, 11) is 0. The van der Waals surface area contributed by atoms with Crippen LogP contribution in [0.2, 0.25) is 0 Å². The molecule has 0 bridgehead atoms. The van der Waals surface area contributed by atoms with Crippen LogP contribution in [-0.4, -0.2) is 51.2 Å². The average Bonchev–Trinajstić information content (AvgIpc) is 2.76. The van der Waals surface area contributed by atoms with E-state index in [4.69, 9.17) is 9.47 Å². The molecule has 0 aliphatic heterocycles. The third-order valence-electron chi connectivity index (χ3n) is 3.72. The van der Waals surface area contributed by atoms with Gasteiger partial charge in [0.05, 0.1) is 0 Å². The van der Waals surface area contributed by atoms with E-state index in [1.165, 1.54) is 0 Å². The molecule has 0 saturated carbocycles. The van der Waals surface area contributed by atoms with Gasteiger partial charge in [-0.25, -0.2) is 9.59 Å². The number of benzene rings is 2. The molecule has 2 aromatic carbocycles. The first kappa shape index (κ1) is 29.7. The van der Waals surface area contributed by atoms with E-state index in [1.807, 2.05) is 36.4 Å². The van der Waals surface area contributed by atoms with Crippen molar-refractivity contribution in [2.45, 2.75) is 26.1 Å². The van der Waals surface area contributed by atoms with Gasteiger partial charge in [0.1, 0.15) is 13.2 Å². The van der Waals surface area contributed by atoms with Gasteiger partial charge < -0.3 is 29.3 Å². The predicted octanol–water partition coefficient (Wildman–Crippen LogP) is 0.471. The molecule has 0 atom stereocenters. The number of carbonyl (C=O) groups is 4. The molecule has 0 fully saturated rings. The van der Waals surface area contributed by atoms with Crippen LogP contribution in [0, 0.1) is 0 Å². The van der Waals surface area contributed by atoms with Crippen LogP contribution in [0.4, 0.5) is 0 Å². The van der Waals surface area contributed by atoms with E-state index in [2.05, 4.69) is 13.2 Å². The van der Waals surface area contributed by atoms with E-state index < -0.39 is 36.7 Å². The molecular weight excluding hydrogens is 623 g/mol. The van der Waals surface area contributed by atoms with E-state index >= 15 is 0 Å². The molecule has 0 N–H and O–H groups in total. The van der Waals surface area contributed by atoms with Crippen molar-refractivity contribution >= 4 is 51.2 Å². The average molecular weight is 646 g/mol. The van der Waals surface area contributed by atoms with Crippen LogP contribution in [0.15, 0.2) is 85.0 Å². The van der Waals surface area contributed by atoms with Crippen molar-refractivity contribution in [2.24, 2.45) is 0 Å². The second-order valence-electron chi connectivity index (χ2n) is 6.43. The van der Waals surface area contributed by atoms with Crippen LogP contribution in [0.1, 0.15) is 24.0 Å². The van der Waals surface area contributed by atoms with Crippen molar-refractivity contribution in [2.75, 3.05) is 0 Å². The standard InChI is InChI=1S/2C12H12O4.Pb/c2*1-9(7-11(13)14)12(15)16-8-10-5-3-2-4-6-10;/h2*2-6H,1,7-8H2,(H,13,14);/q;;+2/p-2. The number of rotatable bonds is 10. The maximum atomic E-state index is 11.2. The maximum Gasteiger partial charge on any atom is 2.00 e. The van der Waals surface area contributed by atoms with Crippen molar-refractivity contribution in [1.82, 2.24) is 0 Å². The van der Waals surface area contributed by atoms with Gasteiger partial charge in [-0.05, 0) is 11.1 Å². The second-order valence-corrected chi connectivity index (χ2v) is 6.43. The fraction of sp³-hybridized carbons (Fsp3) is 0.167. The van der Waals surface area contributed by atoms with Gasteiger partial charge in [-0.15, -0.1) is 0 Å². The quantitative estimate of drug-likeness (QED) is 0.207. The van der Waals surface area contributed by atoms with Crippen LogP contribution in [0.25, 0.3) is 0 Å². The Balaban J connectivity index is 0.000000602. The summed E-state index contributed by atoms with van der Waals surface area (Å²) >= 11 is 0. The Bertz CT molecular complexity index is 875. The smallest absolute Gasteiger partial charge is 0.550 e. The Hall–Kier alpha value is -3.28. The third-order valence-corrected chi connectivity index (χ3v) is 3.72. The Morgan fingerprint density at radius 1 is 0.636 bits per heavy atom. The fourth-order valence-electron chi connectivity index (χ4n) is 2.14. The molecule has 0 aliphatic carbocycles. The number of ether oxygens (including phenoxy) is 2. The first-order valence-corrected chi connectivity index (χ1v) is 9.36. The minimum Gasteiger partial charge on any atom is -0.550 e. The molecule has 33 heavy (non-hydrogen) atoms. The number of aliphatic carboxylic acids is 2. The topological polar surface area (TPSA) is 133 Å². The molecule has 0 aliphatic rings. The zero-order valence-corrected chi connectivity index (χ0v) is 21.7. The molecule has 8 nitrogen and oxygen atoms in total. The molecular formula is C24H22O8Pb. The van der Waals surface area contributed by atoms with E-state index in [0.29, 0.717) is 0 Å². The number of carbonyl (C=O) groups excluding carboxylic acids is 4. The Morgan fingerprint density at radius 3 is 1.21 bits per heavy atom. The fourth-order valence-corrected chi connectivity index (χ4v) is 2.14. The van der Waals surface area contributed by atoms with Crippen LogP contribution in [0.5, 0.6) is 0 Å². The Morgan fingerprint density at radius 2 is 0.939 bits per heavy atom. The van der Waals surface area contributed by atoms with E-state index in [1.54, 1.807) is 24.3 Å². The van der Waals surface area contributed by atoms with Gasteiger partial charge >= 0.3 is 39.2 Å². The number of carboxylic acid groups (broad SMARTS) is 2. The minimum atomic E-state index is -1.35. The summed E-state index contributed by atoms with van der Waals surface area (Å²) in [5.41, 5.74) is 1.43. The summed E-state index contributed by atoms with van der Waals surface area (Å²) in [6, 6.07) is 18.2. The first-order valence-electron chi connectivity index (χ1n) is 9.36. The van der Waals surface area contributed by atoms with Gasteiger partial charge in [-0.3, -0.25) is 0 Å². The summed E-state index contributed by atoms with van der Waals surface area (Å²) in [4.78, 5) is 42.9.